The first-order valence-corrected chi connectivity index (χ1v) is 12.1. The molecule has 9 heteroatoms. The maximum Gasteiger partial charge on any atom is 0.408 e. The number of carbonyl (C=O) groups is 4. The maximum absolute atomic E-state index is 13.3. The molecule has 0 bridgehead atoms. The standard InChI is InChI=1S/C27H33N3O6/c1-18(2)23(25(32)30-15-9-14-22(30)26(33)34)29-24(31)21(16-19-10-5-3-6-11-19)28-27(35)36-17-20-12-7-4-8-13-20/h3-8,10-13,18,21-23H,9,14-17H2,1-2H3,(H,28,35)(H,29,31)(H,33,34)/t21-,22-,23+/m0/s1. The number of ether oxygens (including phenoxy) is 1. The lowest BCUT2D eigenvalue weighted by atomic mass is 10.00. The van der Waals surface area contributed by atoms with Crippen LogP contribution >= 0.6 is 0 Å². The molecule has 2 aromatic rings. The van der Waals surface area contributed by atoms with Gasteiger partial charge in [0.05, 0.1) is 0 Å². The average molecular weight is 496 g/mol. The highest BCUT2D eigenvalue weighted by Gasteiger charge is 2.39. The fourth-order valence-electron chi connectivity index (χ4n) is 4.20. The van der Waals surface area contributed by atoms with Gasteiger partial charge in [-0.05, 0) is 29.9 Å². The molecule has 36 heavy (non-hydrogen) atoms. The Labute approximate surface area is 210 Å². The van der Waals surface area contributed by atoms with Crippen molar-refractivity contribution in [1.29, 1.82) is 0 Å². The van der Waals surface area contributed by atoms with Gasteiger partial charge in [-0.15, -0.1) is 0 Å². The summed E-state index contributed by atoms with van der Waals surface area (Å²) in [5.74, 6) is -2.33. The van der Waals surface area contributed by atoms with Crippen LogP contribution in [-0.2, 0) is 32.1 Å². The molecule has 0 saturated carbocycles. The molecule has 2 aromatic carbocycles. The molecule has 3 atom stereocenters. The van der Waals surface area contributed by atoms with Crippen molar-refractivity contribution in [1.82, 2.24) is 15.5 Å². The van der Waals surface area contributed by atoms with Gasteiger partial charge in [0.1, 0.15) is 24.7 Å². The predicted molar refractivity (Wildman–Crippen MR) is 133 cm³/mol. The second-order valence-corrected chi connectivity index (χ2v) is 9.21. The van der Waals surface area contributed by atoms with Gasteiger partial charge in [0.25, 0.3) is 0 Å². The van der Waals surface area contributed by atoms with E-state index in [1.54, 1.807) is 13.8 Å². The SMILES string of the molecule is CC(C)[C@@H](NC(=O)[C@H](Cc1ccccc1)NC(=O)OCc1ccccc1)C(=O)N1CCC[C@H]1C(=O)O. The van der Waals surface area contributed by atoms with Crippen LogP contribution in [0, 0.1) is 5.92 Å². The monoisotopic (exact) mass is 495 g/mol. The third-order valence-corrected chi connectivity index (χ3v) is 6.16. The van der Waals surface area contributed by atoms with E-state index in [0.29, 0.717) is 19.4 Å². The lowest BCUT2D eigenvalue weighted by Crippen LogP contribution is -2.57. The number of amides is 3. The first kappa shape index (κ1) is 26.7. The summed E-state index contributed by atoms with van der Waals surface area (Å²) in [6.07, 6.45) is 0.402. The van der Waals surface area contributed by atoms with E-state index in [4.69, 9.17) is 4.74 Å². The van der Waals surface area contributed by atoms with Crippen LogP contribution in [0.4, 0.5) is 4.79 Å². The Morgan fingerprint density at radius 3 is 2.17 bits per heavy atom. The summed E-state index contributed by atoms with van der Waals surface area (Å²) in [6.45, 7) is 3.93. The quantitative estimate of drug-likeness (QED) is 0.466. The van der Waals surface area contributed by atoms with Gasteiger partial charge in [0.15, 0.2) is 0 Å². The number of carboxylic acid groups (broad SMARTS) is 1. The molecule has 0 aliphatic carbocycles. The molecule has 1 aliphatic heterocycles. The molecule has 9 nitrogen and oxygen atoms in total. The number of carbonyl (C=O) groups excluding carboxylic acids is 3. The number of nitrogens with zero attached hydrogens (tertiary/aromatic N) is 1. The predicted octanol–water partition coefficient (Wildman–Crippen LogP) is 2.74. The molecular formula is C27H33N3O6. The summed E-state index contributed by atoms with van der Waals surface area (Å²) < 4.78 is 5.30. The van der Waals surface area contributed by atoms with Gasteiger partial charge in [-0.1, -0.05) is 74.5 Å². The molecular weight excluding hydrogens is 462 g/mol. The Morgan fingerprint density at radius 1 is 0.972 bits per heavy atom. The Kier molecular flexibility index (Phi) is 9.44. The minimum atomic E-state index is -1.06. The molecule has 1 aliphatic rings. The number of hydrogen-bond donors (Lipinski definition) is 3. The number of likely N-dealkylation sites (tertiary alicyclic amines) is 1. The summed E-state index contributed by atoms with van der Waals surface area (Å²) in [5, 5.41) is 14.9. The van der Waals surface area contributed by atoms with Gasteiger partial charge in [-0.2, -0.15) is 0 Å². The van der Waals surface area contributed by atoms with Crippen molar-refractivity contribution >= 4 is 23.9 Å². The molecule has 0 unspecified atom stereocenters. The van der Waals surface area contributed by atoms with Crippen molar-refractivity contribution in [2.24, 2.45) is 5.92 Å². The molecule has 192 valence electrons. The number of carboxylic acids is 1. The first-order chi connectivity index (χ1) is 17.3. The highest BCUT2D eigenvalue weighted by atomic mass is 16.5. The molecule has 1 heterocycles. The minimum absolute atomic E-state index is 0.0466. The number of hydrogen-bond acceptors (Lipinski definition) is 5. The van der Waals surface area contributed by atoms with Crippen LogP contribution in [0.1, 0.15) is 37.8 Å². The van der Waals surface area contributed by atoms with Gasteiger partial charge in [-0.25, -0.2) is 9.59 Å². The van der Waals surface area contributed by atoms with Crippen LogP contribution in [0.15, 0.2) is 60.7 Å². The first-order valence-electron chi connectivity index (χ1n) is 12.1. The van der Waals surface area contributed by atoms with Gasteiger partial charge in [0, 0.05) is 13.0 Å². The van der Waals surface area contributed by atoms with E-state index in [-0.39, 0.29) is 18.9 Å². The average Bonchev–Trinajstić information content (AvgIpc) is 3.37. The Morgan fingerprint density at radius 2 is 1.58 bits per heavy atom. The maximum atomic E-state index is 13.3. The summed E-state index contributed by atoms with van der Waals surface area (Å²) >= 11 is 0. The largest absolute Gasteiger partial charge is 0.480 e. The van der Waals surface area contributed by atoms with Crippen molar-refractivity contribution in [3.63, 3.8) is 0 Å². The molecule has 0 spiro atoms. The van der Waals surface area contributed by atoms with E-state index in [1.807, 2.05) is 60.7 Å². The third-order valence-electron chi connectivity index (χ3n) is 6.16. The summed E-state index contributed by atoms with van der Waals surface area (Å²) in [6, 6.07) is 15.5. The molecule has 0 aromatic heterocycles. The van der Waals surface area contributed by atoms with Gasteiger partial charge in [-0.3, -0.25) is 9.59 Å². The van der Waals surface area contributed by atoms with Gasteiger partial charge < -0.3 is 25.4 Å². The zero-order valence-corrected chi connectivity index (χ0v) is 20.6. The highest BCUT2D eigenvalue weighted by molar-refractivity contribution is 5.93. The molecule has 1 saturated heterocycles. The van der Waals surface area contributed by atoms with Crippen molar-refractivity contribution in [2.45, 2.75) is 57.8 Å². The van der Waals surface area contributed by atoms with E-state index in [2.05, 4.69) is 10.6 Å². The Bertz CT molecular complexity index is 1040. The number of rotatable bonds is 10. The van der Waals surface area contributed by atoms with E-state index in [0.717, 1.165) is 11.1 Å². The summed E-state index contributed by atoms with van der Waals surface area (Å²) in [7, 11) is 0. The van der Waals surface area contributed by atoms with E-state index >= 15 is 0 Å². The number of alkyl carbamates (subject to hydrolysis) is 1. The molecule has 3 amide bonds. The second kappa shape index (κ2) is 12.7. The fourth-order valence-corrected chi connectivity index (χ4v) is 4.20. The normalized spacial score (nSPS) is 16.8. The third kappa shape index (κ3) is 7.31. The smallest absolute Gasteiger partial charge is 0.408 e. The second-order valence-electron chi connectivity index (χ2n) is 9.21. The molecule has 1 fully saturated rings. The Balaban J connectivity index is 1.72. The van der Waals surface area contributed by atoms with Crippen LogP contribution in [0.5, 0.6) is 0 Å². The highest BCUT2D eigenvalue weighted by Crippen LogP contribution is 2.20. The topological polar surface area (TPSA) is 125 Å². The summed E-state index contributed by atoms with van der Waals surface area (Å²) in [4.78, 5) is 52.0. The van der Waals surface area contributed by atoms with Crippen molar-refractivity contribution < 1.29 is 29.0 Å². The van der Waals surface area contributed by atoms with Crippen molar-refractivity contribution in [3.8, 4) is 0 Å². The van der Waals surface area contributed by atoms with Crippen molar-refractivity contribution in [2.75, 3.05) is 6.54 Å². The fraction of sp³-hybridized carbons (Fsp3) is 0.407. The van der Waals surface area contributed by atoms with Crippen molar-refractivity contribution in [3.05, 3.63) is 71.8 Å². The van der Waals surface area contributed by atoms with E-state index in [9.17, 15) is 24.3 Å². The lowest BCUT2D eigenvalue weighted by Gasteiger charge is -2.30. The zero-order valence-electron chi connectivity index (χ0n) is 20.6. The van der Waals surface area contributed by atoms with E-state index < -0.39 is 42.0 Å². The van der Waals surface area contributed by atoms with Crippen LogP contribution in [0.25, 0.3) is 0 Å². The van der Waals surface area contributed by atoms with E-state index in [1.165, 1.54) is 4.90 Å². The molecule has 3 N–H and O–H groups in total. The van der Waals surface area contributed by atoms with Gasteiger partial charge >= 0.3 is 12.1 Å². The van der Waals surface area contributed by atoms with Crippen LogP contribution in [0.2, 0.25) is 0 Å². The van der Waals surface area contributed by atoms with Crippen LogP contribution in [0.3, 0.4) is 0 Å². The molecule has 0 radical (unpaired) electrons. The number of nitrogens with one attached hydrogen (secondary N) is 2. The number of benzene rings is 2. The van der Waals surface area contributed by atoms with Crippen LogP contribution in [-0.4, -0.2) is 58.6 Å². The minimum Gasteiger partial charge on any atom is -0.480 e. The summed E-state index contributed by atoms with van der Waals surface area (Å²) in [5.41, 5.74) is 1.62. The van der Waals surface area contributed by atoms with Gasteiger partial charge in [0.2, 0.25) is 11.8 Å². The van der Waals surface area contributed by atoms with Crippen LogP contribution < -0.4 is 10.6 Å². The lowest BCUT2D eigenvalue weighted by molar-refractivity contribution is -0.150. The number of aliphatic carboxylic acids is 1. The zero-order chi connectivity index (χ0) is 26.1. The molecule has 3 rings (SSSR count). The Hall–Kier alpha value is -3.88.